The highest BCUT2D eigenvalue weighted by molar-refractivity contribution is 7.16. The van der Waals surface area contributed by atoms with Gasteiger partial charge in [-0.2, -0.15) is 0 Å². The van der Waals surface area contributed by atoms with Gasteiger partial charge in [0.05, 0.1) is 10.6 Å². The van der Waals surface area contributed by atoms with Crippen molar-refractivity contribution in [3.05, 3.63) is 35.0 Å². The lowest BCUT2D eigenvalue weighted by molar-refractivity contribution is 0.102. The largest absolute Gasteiger partial charge is 0.294 e. The maximum atomic E-state index is 11.1. The van der Waals surface area contributed by atoms with Crippen LogP contribution in [0.5, 0.6) is 0 Å². The van der Waals surface area contributed by atoms with E-state index < -0.39 is 0 Å². The van der Waals surface area contributed by atoms with Crippen molar-refractivity contribution in [2.45, 2.75) is 13.8 Å². The number of hydrogen-bond donors (Lipinski definition) is 0. The van der Waals surface area contributed by atoms with E-state index in [1.807, 2.05) is 19.1 Å². The van der Waals surface area contributed by atoms with E-state index in [-0.39, 0.29) is 5.78 Å². The summed E-state index contributed by atoms with van der Waals surface area (Å²) in [6.07, 6.45) is 3.35. The van der Waals surface area contributed by atoms with Crippen LogP contribution in [-0.4, -0.2) is 15.8 Å². The molecule has 0 aliphatic rings. The molecule has 0 fully saturated rings. The maximum absolute atomic E-state index is 11.1. The highest BCUT2D eigenvalue weighted by Gasteiger charge is 2.08. The van der Waals surface area contributed by atoms with Crippen molar-refractivity contribution in [2.24, 2.45) is 0 Å². The van der Waals surface area contributed by atoms with Gasteiger partial charge in [-0.15, -0.1) is 11.3 Å². The molecular weight excluding hydrogens is 208 g/mol. The van der Waals surface area contributed by atoms with E-state index in [1.165, 1.54) is 11.3 Å². The Morgan fingerprint density at radius 1 is 1.40 bits per heavy atom. The fraction of sp³-hybridized carbons (Fsp3) is 0.182. The molecule has 3 nitrogen and oxygen atoms in total. The number of aromatic nitrogens is 2. The van der Waals surface area contributed by atoms with Crippen LogP contribution in [-0.2, 0) is 0 Å². The van der Waals surface area contributed by atoms with Crippen molar-refractivity contribution in [3.63, 3.8) is 0 Å². The molecule has 0 unspecified atom stereocenters. The highest BCUT2D eigenvalue weighted by Crippen LogP contribution is 2.23. The molecule has 2 heterocycles. The average molecular weight is 218 g/mol. The van der Waals surface area contributed by atoms with Crippen molar-refractivity contribution >= 4 is 17.1 Å². The van der Waals surface area contributed by atoms with Crippen LogP contribution in [0.2, 0.25) is 0 Å². The molecule has 15 heavy (non-hydrogen) atoms. The summed E-state index contributed by atoms with van der Waals surface area (Å²) >= 11 is 1.38. The Labute approximate surface area is 91.8 Å². The Hall–Kier alpha value is -1.55. The van der Waals surface area contributed by atoms with Gasteiger partial charge in [0.25, 0.3) is 0 Å². The molecule has 0 radical (unpaired) electrons. The number of Topliss-reactive ketones (excluding diaryl/α,β-unsaturated/α-hetero) is 1. The first-order chi connectivity index (χ1) is 7.16. The van der Waals surface area contributed by atoms with Gasteiger partial charge in [-0.25, -0.2) is 4.98 Å². The summed E-state index contributed by atoms with van der Waals surface area (Å²) in [5, 5.41) is 0.795. The van der Waals surface area contributed by atoms with Gasteiger partial charge in [0.2, 0.25) is 0 Å². The number of thiazole rings is 1. The zero-order chi connectivity index (χ0) is 10.8. The van der Waals surface area contributed by atoms with Gasteiger partial charge in [-0.1, -0.05) is 0 Å². The lowest BCUT2D eigenvalue weighted by atomic mass is 10.2. The third-order valence-corrected chi connectivity index (χ3v) is 3.11. The predicted octanol–water partition coefficient (Wildman–Crippen LogP) is 2.72. The highest BCUT2D eigenvalue weighted by atomic mass is 32.1. The van der Waals surface area contributed by atoms with Crippen molar-refractivity contribution in [1.82, 2.24) is 9.97 Å². The van der Waals surface area contributed by atoms with E-state index in [0.29, 0.717) is 4.88 Å². The Balaban J connectivity index is 2.41. The van der Waals surface area contributed by atoms with Crippen molar-refractivity contribution in [3.8, 4) is 10.7 Å². The maximum Gasteiger partial charge on any atom is 0.171 e. The average Bonchev–Trinajstić information content (AvgIpc) is 2.66. The minimum Gasteiger partial charge on any atom is -0.294 e. The van der Waals surface area contributed by atoms with Crippen molar-refractivity contribution in [1.29, 1.82) is 0 Å². The number of aryl methyl sites for hydroxylation is 1. The molecular formula is C11H10N2OS. The molecule has 4 heteroatoms. The third kappa shape index (κ3) is 2.10. The van der Waals surface area contributed by atoms with Crippen LogP contribution in [0, 0.1) is 6.92 Å². The monoisotopic (exact) mass is 218 g/mol. The summed E-state index contributed by atoms with van der Waals surface area (Å²) in [6.45, 7) is 3.55. The normalized spacial score (nSPS) is 10.3. The first kappa shape index (κ1) is 9.98. The summed E-state index contributed by atoms with van der Waals surface area (Å²) in [5.74, 6) is 0.0476. The van der Waals surface area contributed by atoms with Crippen LogP contribution in [0.1, 0.15) is 22.2 Å². The van der Waals surface area contributed by atoms with E-state index in [2.05, 4.69) is 9.97 Å². The smallest absolute Gasteiger partial charge is 0.171 e. The molecule has 0 atom stereocenters. The lowest BCUT2D eigenvalue weighted by Crippen LogP contribution is -1.83. The van der Waals surface area contributed by atoms with Crippen LogP contribution in [0.4, 0.5) is 0 Å². The summed E-state index contributed by atoms with van der Waals surface area (Å²) in [5.41, 5.74) is 1.96. The van der Waals surface area contributed by atoms with Gasteiger partial charge < -0.3 is 0 Å². The third-order valence-electron chi connectivity index (χ3n) is 1.99. The van der Waals surface area contributed by atoms with Crippen LogP contribution in [0.15, 0.2) is 24.5 Å². The number of ketones is 1. The van der Waals surface area contributed by atoms with Gasteiger partial charge in [-0.3, -0.25) is 9.78 Å². The second kappa shape index (κ2) is 3.90. The van der Waals surface area contributed by atoms with Crippen LogP contribution in [0.3, 0.4) is 0 Å². The van der Waals surface area contributed by atoms with E-state index in [9.17, 15) is 4.79 Å². The molecule has 0 aromatic carbocycles. The molecule has 0 amide bonds. The van der Waals surface area contributed by atoms with Gasteiger partial charge >= 0.3 is 0 Å². The van der Waals surface area contributed by atoms with Gasteiger partial charge in [0.1, 0.15) is 5.01 Å². The van der Waals surface area contributed by atoms with E-state index >= 15 is 0 Å². The molecule has 0 spiro atoms. The molecule has 0 aliphatic heterocycles. The summed E-state index contributed by atoms with van der Waals surface area (Å²) in [6, 6.07) is 3.89. The molecule has 0 N–H and O–H groups in total. The van der Waals surface area contributed by atoms with E-state index in [0.717, 1.165) is 16.3 Å². The van der Waals surface area contributed by atoms with Crippen molar-refractivity contribution < 1.29 is 4.79 Å². The topological polar surface area (TPSA) is 42.9 Å². The minimum absolute atomic E-state index is 0.0476. The molecule has 76 valence electrons. The number of nitrogens with zero attached hydrogens (tertiary/aromatic N) is 2. The summed E-state index contributed by atoms with van der Waals surface area (Å²) in [7, 11) is 0. The first-order valence-corrected chi connectivity index (χ1v) is 5.38. The molecule has 0 bridgehead atoms. The quantitative estimate of drug-likeness (QED) is 0.728. The molecule has 0 aliphatic carbocycles. The zero-order valence-corrected chi connectivity index (χ0v) is 9.34. The van der Waals surface area contributed by atoms with Crippen LogP contribution in [0.25, 0.3) is 10.7 Å². The van der Waals surface area contributed by atoms with E-state index in [1.54, 1.807) is 19.3 Å². The standard InChI is InChI=1S/C11H10N2OS/c1-7-3-4-12-9(5-7)11-13-6-10(15-11)8(2)14/h3-6H,1-2H3. The number of carbonyl (C=O) groups is 1. The molecule has 0 saturated carbocycles. The van der Waals surface area contributed by atoms with Gasteiger partial charge in [0, 0.05) is 19.3 Å². The number of pyridine rings is 1. The molecule has 2 aromatic rings. The SMILES string of the molecule is CC(=O)c1cnc(-c2cc(C)ccn2)s1. The summed E-state index contributed by atoms with van der Waals surface area (Å²) < 4.78 is 0. The van der Waals surface area contributed by atoms with Gasteiger partial charge in [-0.05, 0) is 24.6 Å². The number of hydrogen-bond acceptors (Lipinski definition) is 4. The fourth-order valence-electron chi connectivity index (χ4n) is 1.21. The second-order valence-electron chi connectivity index (χ2n) is 3.30. The predicted molar refractivity (Wildman–Crippen MR) is 60.1 cm³/mol. The molecule has 0 saturated heterocycles. The molecule has 2 rings (SSSR count). The Morgan fingerprint density at radius 2 is 2.20 bits per heavy atom. The lowest BCUT2D eigenvalue weighted by Gasteiger charge is -1.95. The second-order valence-corrected chi connectivity index (χ2v) is 4.33. The van der Waals surface area contributed by atoms with E-state index in [4.69, 9.17) is 0 Å². The molecule has 2 aromatic heterocycles. The first-order valence-electron chi connectivity index (χ1n) is 4.56. The van der Waals surface area contributed by atoms with Crippen LogP contribution >= 0.6 is 11.3 Å². The minimum atomic E-state index is 0.0476. The summed E-state index contributed by atoms with van der Waals surface area (Å²) in [4.78, 5) is 20.2. The Bertz CT molecular complexity index is 505. The number of carbonyl (C=O) groups excluding carboxylic acids is 1. The fourth-order valence-corrected chi connectivity index (χ4v) is 1.99. The van der Waals surface area contributed by atoms with Crippen LogP contribution < -0.4 is 0 Å². The number of rotatable bonds is 2. The van der Waals surface area contributed by atoms with Crippen molar-refractivity contribution in [2.75, 3.05) is 0 Å². The zero-order valence-electron chi connectivity index (χ0n) is 8.52. The Kier molecular flexibility index (Phi) is 2.60. The Morgan fingerprint density at radius 3 is 2.80 bits per heavy atom. The van der Waals surface area contributed by atoms with Gasteiger partial charge in [0.15, 0.2) is 5.78 Å².